The molecule has 0 fully saturated rings. The SMILES string of the molecule is O=C(O)c1ccc2c(c1)nc(OCCOCCCCNCc1ccc(OC(F)(F)F)c(Cl)c1)c1cn[nH]c12. The van der Waals surface area contributed by atoms with Crippen molar-refractivity contribution in [2.24, 2.45) is 0 Å². The van der Waals surface area contributed by atoms with Gasteiger partial charge in [-0.1, -0.05) is 17.7 Å². The Balaban J connectivity index is 1.14. The predicted octanol–water partition coefficient (Wildman–Crippen LogP) is 5.33. The van der Waals surface area contributed by atoms with Crippen LogP contribution in [0.1, 0.15) is 28.8 Å². The predicted molar refractivity (Wildman–Crippen MR) is 134 cm³/mol. The minimum Gasteiger partial charge on any atom is -0.478 e. The summed E-state index contributed by atoms with van der Waals surface area (Å²) in [7, 11) is 0. The van der Waals surface area contributed by atoms with E-state index in [2.05, 4.69) is 25.2 Å². The van der Waals surface area contributed by atoms with E-state index in [1.165, 1.54) is 30.3 Å². The first-order valence-electron chi connectivity index (χ1n) is 11.7. The van der Waals surface area contributed by atoms with Crippen LogP contribution >= 0.6 is 11.6 Å². The lowest BCUT2D eigenvalue weighted by Gasteiger charge is -2.12. The minimum atomic E-state index is -4.79. The van der Waals surface area contributed by atoms with Crippen molar-refractivity contribution in [1.82, 2.24) is 20.5 Å². The lowest BCUT2D eigenvalue weighted by Crippen LogP contribution is -2.18. The molecule has 2 heterocycles. The van der Waals surface area contributed by atoms with Crippen molar-refractivity contribution < 1.29 is 37.3 Å². The molecule has 4 aromatic rings. The molecule has 0 amide bonds. The Kier molecular flexibility index (Phi) is 8.87. The van der Waals surface area contributed by atoms with Crippen molar-refractivity contribution in [2.45, 2.75) is 25.7 Å². The number of fused-ring (bicyclic) bond motifs is 3. The van der Waals surface area contributed by atoms with Crippen LogP contribution in [0.4, 0.5) is 13.2 Å². The molecule has 0 aliphatic heterocycles. The molecular formula is C25H24ClF3N4O5. The Hall–Kier alpha value is -3.61. The van der Waals surface area contributed by atoms with Crippen LogP contribution in [-0.4, -0.2) is 59.0 Å². The zero-order valence-corrected chi connectivity index (χ0v) is 20.7. The second-order valence-electron chi connectivity index (χ2n) is 8.27. The standard InChI is InChI=1S/C25H24ClF3N4O5/c26-19-11-15(3-6-21(19)38-25(27,28)29)13-30-7-1-2-8-36-9-10-37-23-18-14-31-33-22(18)17-5-4-16(24(34)35)12-20(17)32-23/h3-6,11-12,14,30H,1-2,7-10,13H2,(H,31,33)(H,34,35). The average Bonchev–Trinajstić information content (AvgIpc) is 3.36. The Bertz CT molecular complexity index is 1410. The summed E-state index contributed by atoms with van der Waals surface area (Å²) in [4.78, 5) is 15.7. The third-order valence-corrected chi connectivity index (χ3v) is 5.81. The highest BCUT2D eigenvalue weighted by atomic mass is 35.5. The van der Waals surface area contributed by atoms with Crippen LogP contribution in [0, 0.1) is 0 Å². The van der Waals surface area contributed by atoms with E-state index in [1.54, 1.807) is 12.3 Å². The van der Waals surface area contributed by atoms with Gasteiger partial charge in [0, 0.05) is 18.5 Å². The largest absolute Gasteiger partial charge is 0.573 e. The average molecular weight is 553 g/mol. The van der Waals surface area contributed by atoms with Gasteiger partial charge in [0.2, 0.25) is 5.88 Å². The van der Waals surface area contributed by atoms with Gasteiger partial charge in [-0.3, -0.25) is 5.10 Å². The maximum Gasteiger partial charge on any atom is 0.573 e. The third kappa shape index (κ3) is 7.24. The number of rotatable bonds is 13. The number of nitrogens with zero attached hydrogens (tertiary/aromatic N) is 2. The summed E-state index contributed by atoms with van der Waals surface area (Å²) >= 11 is 5.85. The number of unbranched alkanes of at least 4 members (excludes halogenated alkanes) is 1. The Morgan fingerprint density at radius 1 is 1.08 bits per heavy atom. The van der Waals surface area contributed by atoms with E-state index in [4.69, 9.17) is 21.1 Å². The smallest absolute Gasteiger partial charge is 0.478 e. The van der Waals surface area contributed by atoms with Crippen LogP contribution in [0.15, 0.2) is 42.6 Å². The molecule has 0 atom stereocenters. The number of alkyl halides is 3. The molecule has 0 saturated heterocycles. The van der Waals surface area contributed by atoms with Gasteiger partial charge in [0.25, 0.3) is 0 Å². The molecule has 2 aromatic carbocycles. The maximum absolute atomic E-state index is 12.3. The first kappa shape index (κ1) is 27.4. The number of benzene rings is 2. The summed E-state index contributed by atoms with van der Waals surface area (Å²) < 4.78 is 52.2. The molecule has 0 unspecified atom stereocenters. The van der Waals surface area contributed by atoms with Gasteiger partial charge in [0.1, 0.15) is 12.4 Å². The quantitative estimate of drug-likeness (QED) is 0.191. The number of ether oxygens (including phenoxy) is 3. The van der Waals surface area contributed by atoms with Gasteiger partial charge in [-0.15, -0.1) is 13.2 Å². The number of nitrogens with one attached hydrogen (secondary N) is 2. The summed E-state index contributed by atoms with van der Waals surface area (Å²) in [5.41, 5.74) is 2.07. The summed E-state index contributed by atoms with van der Waals surface area (Å²) in [5, 5.41) is 20.7. The van der Waals surface area contributed by atoms with Crippen molar-refractivity contribution in [2.75, 3.05) is 26.4 Å². The van der Waals surface area contributed by atoms with Crippen LogP contribution in [0.5, 0.6) is 11.6 Å². The second-order valence-corrected chi connectivity index (χ2v) is 8.68. The molecule has 0 saturated carbocycles. The lowest BCUT2D eigenvalue weighted by molar-refractivity contribution is -0.274. The molecular weight excluding hydrogens is 529 g/mol. The van der Waals surface area contributed by atoms with Crippen LogP contribution in [0.3, 0.4) is 0 Å². The third-order valence-electron chi connectivity index (χ3n) is 5.52. The van der Waals surface area contributed by atoms with Crippen molar-refractivity contribution in [1.29, 1.82) is 0 Å². The van der Waals surface area contributed by atoms with Gasteiger partial charge in [-0.2, -0.15) is 5.10 Å². The molecule has 38 heavy (non-hydrogen) atoms. The number of aromatic amines is 1. The van der Waals surface area contributed by atoms with E-state index in [9.17, 15) is 23.1 Å². The lowest BCUT2D eigenvalue weighted by atomic mass is 10.1. The highest BCUT2D eigenvalue weighted by Crippen LogP contribution is 2.31. The zero-order valence-electron chi connectivity index (χ0n) is 20.0. The Morgan fingerprint density at radius 2 is 1.92 bits per heavy atom. The highest BCUT2D eigenvalue weighted by Gasteiger charge is 2.32. The fourth-order valence-corrected chi connectivity index (χ4v) is 3.99. The molecule has 0 spiro atoms. The second kappa shape index (κ2) is 12.3. The molecule has 2 aromatic heterocycles. The molecule has 3 N–H and O–H groups in total. The van der Waals surface area contributed by atoms with Gasteiger partial charge in [0.05, 0.1) is 39.8 Å². The first-order valence-corrected chi connectivity index (χ1v) is 12.0. The highest BCUT2D eigenvalue weighted by molar-refractivity contribution is 6.32. The number of pyridine rings is 1. The van der Waals surface area contributed by atoms with E-state index >= 15 is 0 Å². The minimum absolute atomic E-state index is 0.102. The molecule has 0 radical (unpaired) electrons. The number of carboxylic acids is 1. The van der Waals surface area contributed by atoms with Crippen LogP contribution in [0.2, 0.25) is 5.02 Å². The van der Waals surface area contributed by atoms with E-state index in [1.807, 2.05) is 0 Å². The van der Waals surface area contributed by atoms with Crippen molar-refractivity contribution >= 4 is 39.4 Å². The number of aromatic nitrogens is 3. The molecule has 202 valence electrons. The number of hydrogen-bond donors (Lipinski definition) is 3. The molecule has 0 aliphatic rings. The van der Waals surface area contributed by atoms with Gasteiger partial charge >= 0.3 is 12.3 Å². The maximum atomic E-state index is 12.3. The molecule has 0 bridgehead atoms. The van der Waals surface area contributed by atoms with Crippen molar-refractivity contribution in [3.8, 4) is 11.6 Å². The van der Waals surface area contributed by atoms with E-state index in [0.717, 1.165) is 23.8 Å². The number of aromatic carboxylic acids is 1. The monoisotopic (exact) mass is 552 g/mol. The van der Waals surface area contributed by atoms with Crippen LogP contribution in [-0.2, 0) is 11.3 Å². The fourth-order valence-electron chi connectivity index (χ4n) is 3.75. The van der Waals surface area contributed by atoms with Crippen molar-refractivity contribution in [3.63, 3.8) is 0 Å². The number of halogens is 4. The van der Waals surface area contributed by atoms with Crippen LogP contribution in [0.25, 0.3) is 21.8 Å². The Labute approximate surface area is 219 Å². The molecule has 9 nitrogen and oxygen atoms in total. The molecule has 13 heteroatoms. The number of carboxylic acid groups (broad SMARTS) is 1. The normalized spacial score (nSPS) is 11.8. The first-order chi connectivity index (χ1) is 18.2. The Morgan fingerprint density at radius 3 is 2.68 bits per heavy atom. The fraction of sp³-hybridized carbons (Fsp3) is 0.320. The van der Waals surface area contributed by atoms with Gasteiger partial charge in [-0.25, -0.2) is 9.78 Å². The number of carbonyl (C=O) groups is 1. The molecule has 4 rings (SSSR count). The van der Waals surface area contributed by atoms with E-state index in [-0.39, 0.29) is 17.2 Å². The topological polar surface area (TPSA) is 119 Å². The molecule has 0 aliphatic carbocycles. The summed E-state index contributed by atoms with van der Waals surface area (Å²) in [5.74, 6) is -1.13. The summed E-state index contributed by atoms with van der Waals surface area (Å²) in [6.07, 6.45) is -1.55. The number of hydrogen-bond acceptors (Lipinski definition) is 7. The summed E-state index contributed by atoms with van der Waals surface area (Å²) in [6, 6.07) is 8.84. The van der Waals surface area contributed by atoms with Gasteiger partial charge < -0.3 is 24.6 Å². The van der Waals surface area contributed by atoms with E-state index in [0.29, 0.717) is 48.6 Å². The van der Waals surface area contributed by atoms with Crippen LogP contribution < -0.4 is 14.8 Å². The van der Waals surface area contributed by atoms with Gasteiger partial charge in [0.15, 0.2) is 0 Å². The zero-order chi connectivity index (χ0) is 27.1. The van der Waals surface area contributed by atoms with Crippen molar-refractivity contribution in [3.05, 3.63) is 58.7 Å². The summed E-state index contributed by atoms with van der Waals surface area (Å²) in [6.45, 7) is 2.26. The van der Waals surface area contributed by atoms with Gasteiger partial charge in [-0.05, 0) is 55.3 Å². The number of H-pyrrole nitrogens is 1. The van der Waals surface area contributed by atoms with E-state index < -0.39 is 18.1 Å².